The molecular formula is C17H18ClF2N. The van der Waals surface area contributed by atoms with E-state index in [9.17, 15) is 8.78 Å². The molecule has 1 atom stereocenters. The van der Waals surface area contributed by atoms with E-state index in [0.717, 1.165) is 23.7 Å². The van der Waals surface area contributed by atoms with E-state index in [4.69, 9.17) is 11.6 Å². The predicted molar refractivity (Wildman–Crippen MR) is 82.7 cm³/mol. The van der Waals surface area contributed by atoms with Crippen LogP contribution < -0.4 is 5.32 Å². The molecule has 0 aliphatic rings. The molecule has 0 aliphatic heterocycles. The number of likely N-dealkylation sites (N-methyl/N-ethyl adjacent to an activating group) is 1. The molecule has 0 bridgehead atoms. The van der Waals surface area contributed by atoms with Crippen molar-refractivity contribution in [2.45, 2.75) is 26.3 Å². The molecular weight excluding hydrogens is 292 g/mol. The largest absolute Gasteiger partial charge is 0.310 e. The lowest BCUT2D eigenvalue weighted by Gasteiger charge is -2.21. The molecule has 1 nitrogen and oxygen atoms in total. The molecule has 0 spiro atoms. The molecule has 2 aromatic carbocycles. The van der Waals surface area contributed by atoms with Gasteiger partial charge < -0.3 is 5.32 Å². The van der Waals surface area contributed by atoms with E-state index in [1.54, 1.807) is 0 Å². The molecule has 0 saturated heterocycles. The van der Waals surface area contributed by atoms with Gasteiger partial charge in [-0.1, -0.05) is 24.6 Å². The maximum absolute atomic E-state index is 13.3. The highest BCUT2D eigenvalue weighted by molar-refractivity contribution is 6.30. The van der Waals surface area contributed by atoms with Gasteiger partial charge in [0.25, 0.3) is 0 Å². The molecule has 112 valence electrons. The zero-order chi connectivity index (χ0) is 15.4. The van der Waals surface area contributed by atoms with E-state index in [1.165, 1.54) is 12.1 Å². The van der Waals surface area contributed by atoms with Gasteiger partial charge in [-0.05, 0) is 60.8 Å². The fourth-order valence-corrected chi connectivity index (χ4v) is 2.76. The lowest BCUT2D eigenvalue weighted by Crippen LogP contribution is -2.23. The average molecular weight is 310 g/mol. The van der Waals surface area contributed by atoms with E-state index < -0.39 is 11.6 Å². The summed E-state index contributed by atoms with van der Waals surface area (Å²) in [6, 6.07) is 9.32. The van der Waals surface area contributed by atoms with Crippen molar-refractivity contribution in [1.82, 2.24) is 5.32 Å². The fourth-order valence-electron chi connectivity index (χ4n) is 2.53. The van der Waals surface area contributed by atoms with Gasteiger partial charge in [0, 0.05) is 17.1 Å². The molecule has 0 radical (unpaired) electrons. The summed E-state index contributed by atoms with van der Waals surface area (Å²) in [6.45, 7) is 4.76. The van der Waals surface area contributed by atoms with Crippen LogP contribution in [0.4, 0.5) is 8.78 Å². The van der Waals surface area contributed by atoms with Crippen molar-refractivity contribution >= 4 is 11.6 Å². The van der Waals surface area contributed by atoms with Crippen LogP contribution in [-0.2, 0) is 6.42 Å². The standard InChI is InChI=1S/C17H18ClF2N/c1-3-21-17(16-5-4-13(18)6-11(16)2)9-12-7-14(19)10-15(20)8-12/h4-8,10,17,21H,3,9H2,1-2H3. The molecule has 4 heteroatoms. The van der Waals surface area contributed by atoms with Gasteiger partial charge in [-0.15, -0.1) is 0 Å². The molecule has 21 heavy (non-hydrogen) atoms. The Bertz CT molecular complexity index is 608. The Morgan fingerprint density at radius 3 is 2.33 bits per heavy atom. The Kier molecular flexibility index (Phi) is 5.32. The normalized spacial score (nSPS) is 12.4. The summed E-state index contributed by atoms with van der Waals surface area (Å²) < 4.78 is 26.6. The Labute approximate surface area is 128 Å². The second-order valence-corrected chi connectivity index (χ2v) is 5.53. The van der Waals surface area contributed by atoms with Crippen LogP contribution in [0.5, 0.6) is 0 Å². The minimum atomic E-state index is -0.548. The summed E-state index contributed by atoms with van der Waals surface area (Å²) in [5, 5.41) is 4.04. The van der Waals surface area contributed by atoms with E-state index in [1.807, 2.05) is 32.0 Å². The van der Waals surface area contributed by atoms with Gasteiger partial charge in [0.05, 0.1) is 0 Å². The van der Waals surface area contributed by atoms with Gasteiger partial charge in [-0.2, -0.15) is 0 Å². The molecule has 2 aromatic rings. The number of hydrogen-bond donors (Lipinski definition) is 1. The van der Waals surface area contributed by atoms with Crippen LogP contribution in [0.3, 0.4) is 0 Å². The molecule has 0 amide bonds. The Hall–Kier alpha value is -1.45. The summed E-state index contributed by atoms with van der Waals surface area (Å²) in [5.74, 6) is -1.10. The highest BCUT2D eigenvalue weighted by atomic mass is 35.5. The summed E-state index contributed by atoms with van der Waals surface area (Å²) >= 11 is 5.98. The first-order valence-electron chi connectivity index (χ1n) is 6.94. The zero-order valence-corrected chi connectivity index (χ0v) is 12.8. The van der Waals surface area contributed by atoms with E-state index in [2.05, 4.69) is 5.32 Å². The third-order valence-electron chi connectivity index (χ3n) is 3.42. The van der Waals surface area contributed by atoms with Crippen molar-refractivity contribution in [2.75, 3.05) is 6.54 Å². The first-order valence-corrected chi connectivity index (χ1v) is 7.31. The smallest absolute Gasteiger partial charge is 0.126 e. The van der Waals surface area contributed by atoms with E-state index >= 15 is 0 Å². The molecule has 0 aliphatic carbocycles. The van der Waals surface area contributed by atoms with Gasteiger partial charge in [0.15, 0.2) is 0 Å². The average Bonchev–Trinajstić information content (AvgIpc) is 2.37. The molecule has 1 unspecified atom stereocenters. The monoisotopic (exact) mass is 309 g/mol. The van der Waals surface area contributed by atoms with Crippen LogP contribution >= 0.6 is 11.6 Å². The molecule has 0 saturated carbocycles. The number of halogens is 3. The van der Waals surface area contributed by atoms with Gasteiger partial charge in [-0.25, -0.2) is 8.78 Å². The van der Waals surface area contributed by atoms with Crippen LogP contribution in [0.15, 0.2) is 36.4 Å². The second kappa shape index (κ2) is 7.01. The summed E-state index contributed by atoms with van der Waals surface area (Å²) in [4.78, 5) is 0. The van der Waals surface area contributed by atoms with Crippen molar-refractivity contribution in [3.63, 3.8) is 0 Å². The Morgan fingerprint density at radius 1 is 1.10 bits per heavy atom. The first-order chi connectivity index (χ1) is 9.99. The second-order valence-electron chi connectivity index (χ2n) is 5.09. The topological polar surface area (TPSA) is 12.0 Å². The molecule has 0 heterocycles. The lowest BCUT2D eigenvalue weighted by molar-refractivity contribution is 0.537. The van der Waals surface area contributed by atoms with Crippen molar-refractivity contribution < 1.29 is 8.78 Å². The predicted octanol–water partition coefficient (Wildman–Crippen LogP) is 4.82. The summed E-state index contributed by atoms with van der Waals surface area (Å²) in [5.41, 5.74) is 2.78. The highest BCUT2D eigenvalue weighted by Crippen LogP contribution is 2.25. The SMILES string of the molecule is CCNC(Cc1cc(F)cc(F)c1)c1ccc(Cl)cc1C. The maximum Gasteiger partial charge on any atom is 0.126 e. The first kappa shape index (κ1) is 15.9. The fraction of sp³-hybridized carbons (Fsp3) is 0.294. The summed E-state index contributed by atoms with van der Waals surface area (Å²) in [7, 11) is 0. The van der Waals surface area contributed by atoms with Crippen LogP contribution in [0, 0.1) is 18.6 Å². The van der Waals surface area contributed by atoms with E-state index in [0.29, 0.717) is 17.0 Å². The molecule has 0 aromatic heterocycles. The van der Waals surface area contributed by atoms with Gasteiger partial charge in [0.2, 0.25) is 0 Å². The molecule has 0 fully saturated rings. The third-order valence-corrected chi connectivity index (χ3v) is 3.66. The van der Waals surface area contributed by atoms with Gasteiger partial charge in [0.1, 0.15) is 11.6 Å². The number of rotatable bonds is 5. The minimum Gasteiger partial charge on any atom is -0.310 e. The Balaban J connectivity index is 2.30. The van der Waals surface area contributed by atoms with Crippen LogP contribution in [0.1, 0.15) is 29.7 Å². The Morgan fingerprint density at radius 2 is 1.76 bits per heavy atom. The van der Waals surface area contributed by atoms with Crippen molar-refractivity contribution in [3.8, 4) is 0 Å². The van der Waals surface area contributed by atoms with Crippen LogP contribution in [0.25, 0.3) is 0 Å². The van der Waals surface area contributed by atoms with Crippen LogP contribution in [0.2, 0.25) is 5.02 Å². The van der Waals surface area contributed by atoms with Crippen molar-refractivity contribution in [3.05, 3.63) is 69.7 Å². The number of benzene rings is 2. The zero-order valence-electron chi connectivity index (χ0n) is 12.1. The number of nitrogens with one attached hydrogen (secondary N) is 1. The van der Waals surface area contributed by atoms with Gasteiger partial charge >= 0.3 is 0 Å². The number of hydrogen-bond acceptors (Lipinski definition) is 1. The molecule has 2 rings (SSSR count). The van der Waals surface area contributed by atoms with E-state index in [-0.39, 0.29) is 6.04 Å². The van der Waals surface area contributed by atoms with Gasteiger partial charge in [-0.3, -0.25) is 0 Å². The van der Waals surface area contributed by atoms with Crippen molar-refractivity contribution in [1.29, 1.82) is 0 Å². The van der Waals surface area contributed by atoms with Crippen molar-refractivity contribution in [2.24, 2.45) is 0 Å². The number of aryl methyl sites for hydroxylation is 1. The molecule has 1 N–H and O–H groups in total. The minimum absolute atomic E-state index is 0.00605. The third kappa shape index (κ3) is 4.26. The quantitative estimate of drug-likeness (QED) is 0.835. The lowest BCUT2D eigenvalue weighted by atomic mass is 9.95. The van der Waals surface area contributed by atoms with Crippen LogP contribution in [-0.4, -0.2) is 6.54 Å². The summed E-state index contributed by atoms with van der Waals surface area (Å²) in [6.07, 6.45) is 0.519. The highest BCUT2D eigenvalue weighted by Gasteiger charge is 2.15. The maximum atomic E-state index is 13.3.